The maximum atomic E-state index is 14.0. The molecule has 0 fully saturated rings. The molecule has 5 nitrogen and oxygen atoms in total. The van der Waals surface area contributed by atoms with E-state index in [1.54, 1.807) is 20.8 Å². The zero-order valence-electron chi connectivity index (χ0n) is 11.9. The van der Waals surface area contributed by atoms with Crippen molar-refractivity contribution in [3.8, 4) is 0 Å². The van der Waals surface area contributed by atoms with Crippen LogP contribution in [0, 0.1) is 19.7 Å². The SMILES string of the molecule is CCOC(=O)c1cc(Sc2nc(C)c(C)o2)c(F)cc1N. The number of oxazole rings is 1. The fraction of sp³-hybridized carbons (Fsp3) is 0.286. The van der Waals surface area contributed by atoms with Gasteiger partial charge in [-0.2, -0.15) is 0 Å². The Labute approximate surface area is 125 Å². The van der Waals surface area contributed by atoms with E-state index in [-0.39, 0.29) is 22.8 Å². The molecular formula is C14H15FN2O3S. The minimum absolute atomic E-state index is 0.0371. The van der Waals surface area contributed by atoms with Crippen LogP contribution in [0.5, 0.6) is 0 Å². The molecule has 0 bridgehead atoms. The lowest BCUT2D eigenvalue weighted by molar-refractivity contribution is 0.0527. The number of nitrogen functional groups attached to an aromatic ring is 1. The molecule has 1 heterocycles. The van der Waals surface area contributed by atoms with Gasteiger partial charge in [-0.1, -0.05) is 0 Å². The molecule has 0 radical (unpaired) electrons. The number of nitrogens with zero attached hydrogens (tertiary/aromatic N) is 1. The average molecular weight is 310 g/mol. The van der Waals surface area contributed by atoms with Crippen molar-refractivity contribution < 1.29 is 18.3 Å². The number of hydrogen-bond acceptors (Lipinski definition) is 6. The van der Waals surface area contributed by atoms with Crippen LogP contribution in [0.1, 0.15) is 28.7 Å². The number of esters is 1. The number of carbonyl (C=O) groups excluding carboxylic acids is 1. The second-order valence-corrected chi connectivity index (χ2v) is 5.31. The van der Waals surface area contributed by atoms with Gasteiger partial charge in [0.15, 0.2) is 0 Å². The van der Waals surface area contributed by atoms with Gasteiger partial charge in [-0.3, -0.25) is 0 Å². The molecule has 0 atom stereocenters. The Kier molecular flexibility index (Phi) is 4.52. The molecule has 0 aliphatic rings. The minimum Gasteiger partial charge on any atom is -0.462 e. The first-order chi connectivity index (χ1) is 9.92. The van der Waals surface area contributed by atoms with Crippen LogP contribution in [0.2, 0.25) is 0 Å². The largest absolute Gasteiger partial charge is 0.462 e. The summed E-state index contributed by atoms with van der Waals surface area (Å²) in [7, 11) is 0. The molecule has 0 saturated carbocycles. The normalized spacial score (nSPS) is 10.7. The number of aryl methyl sites for hydroxylation is 2. The van der Waals surface area contributed by atoms with Crippen LogP contribution in [0.3, 0.4) is 0 Å². The number of nitrogens with two attached hydrogens (primary N) is 1. The van der Waals surface area contributed by atoms with Crippen molar-refractivity contribution in [2.75, 3.05) is 12.3 Å². The Morgan fingerprint density at radius 3 is 2.76 bits per heavy atom. The summed E-state index contributed by atoms with van der Waals surface area (Å²) in [6.07, 6.45) is 0. The van der Waals surface area contributed by atoms with E-state index < -0.39 is 11.8 Å². The van der Waals surface area contributed by atoms with E-state index in [4.69, 9.17) is 14.9 Å². The quantitative estimate of drug-likeness (QED) is 0.689. The Morgan fingerprint density at radius 1 is 1.48 bits per heavy atom. The van der Waals surface area contributed by atoms with Gasteiger partial charge < -0.3 is 14.9 Å². The van der Waals surface area contributed by atoms with E-state index in [1.807, 2.05) is 0 Å². The smallest absolute Gasteiger partial charge is 0.340 e. The molecule has 0 aliphatic heterocycles. The fourth-order valence-electron chi connectivity index (χ4n) is 1.61. The Bertz CT molecular complexity index is 666. The molecule has 0 aliphatic carbocycles. The first-order valence-corrected chi connectivity index (χ1v) is 7.12. The van der Waals surface area contributed by atoms with Gasteiger partial charge in [-0.15, -0.1) is 0 Å². The van der Waals surface area contributed by atoms with Crippen molar-refractivity contribution in [3.63, 3.8) is 0 Å². The standard InChI is InChI=1S/C14H15FN2O3S/c1-4-19-13(18)9-5-12(10(15)6-11(9)16)21-14-17-7(2)8(3)20-14/h5-6H,4,16H2,1-3H3. The Hall–Kier alpha value is -2.02. The number of hydrogen-bond donors (Lipinski definition) is 1. The molecular weight excluding hydrogens is 295 g/mol. The average Bonchev–Trinajstić information content (AvgIpc) is 2.72. The van der Waals surface area contributed by atoms with Crippen molar-refractivity contribution in [1.29, 1.82) is 0 Å². The molecule has 1 aromatic heterocycles. The van der Waals surface area contributed by atoms with Crippen LogP contribution < -0.4 is 5.73 Å². The summed E-state index contributed by atoms with van der Waals surface area (Å²) in [4.78, 5) is 16.1. The van der Waals surface area contributed by atoms with Crippen LogP contribution in [-0.4, -0.2) is 17.6 Å². The summed E-state index contributed by atoms with van der Waals surface area (Å²) in [6.45, 7) is 5.48. The van der Waals surface area contributed by atoms with Crippen molar-refractivity contribution in [2.24, 2.45) is 0 Å². The number of anilines is 1. The topological polar surface area (TPSA) is 78.3 Å². The predicted octanol–water partition coefficient (Wildman–Crippen LogP) is 3.34. The summed E-state index contributed by atoms with van der Waals surface area (Å²) in [5.41, 5.74) is 6.55. The van der Waals surface area contributed by atoms with Gasteiger partial charge in [-0.05, 0) is 44.7 Å². The van der Waals surface area contributed by atoms with Gasteiger partial charge in [-0.25, -0.2) is 14.2 Å². The highest BCUT2D eigenvalue weighted by Crippen LogP contribution is 2.33. The second kappa shape index (κ2) is 6.17. The molecule has 21 heavy (non-hydrogen) atoms. The molecule has 0 saturated heterocycles. The number of benzene rings is 1. The lowest BCUT2D eigenvalue weighted by atomic mass is 10.2. The zero-order chi connectivity index (χ0) is 15.6. The van der Waals surface area contributed by atoms with Crippen LogP contribution >= 0.6 is 11.8 Å². The van der Waals surface area contributed by atoms with E-state index >= 15 is 0 Å². The Morgan fingerprint density at radius 2 is 2.19 bits per heavy atom. The van der Waals surface area contributed by atoms with Gasteiger partial charge in [0.1, 0.15) is 11.6 Å². The molecule has 0 unspecified atom stereocenters. The van der Waals surface area contributed by atoms with E-state index in [0.29, 0.717) is 11.0 Å². The summed E-state index contributed by atoms with van der Waals surface area (Å²) in [5, 5.41) is 0.309. The maximum absolute atomic E-state index is 14.0. The molecule has 2 aromatic rings. The van der Waals surface area contributed by atoms with Crippen LogP contribution in [0.15, 0.2) is 26.7 Å². The molecule has 0 amide bonds. The molecule has 1 aromatic carbocycles. The van der Waals surface area contributed by atoms with Gasteiger partial charge in [0.25, 0.3) is 5.22 Å². The number of rotatable bonds is 4. The highest BCUT2D eigenvalue weighted by atomic mass is 32.2. The number of halogens is 1. The van der Waals surface area contributed by atoms with Crippen LogP contribution in [0.25, 0.3) is 0 Å². The minimum atomic E-state index is -0.586. The van der Waals surface area contributed by atoms with Crippen molar-refractivity contribution >= 4 is 23.4 Å². The first-order valence-electron chi connectivity index (χ1n) is 6.30. The van der Waals surface area contributed by atoms with Gasteiger partial charge in [0, 0.05) is 5.69 Å². The van der Waals surface area contributed by atoms with Crippen LogP contribution in [0.4, 0.5) is 10.1 Å². The van der Waals surface area contributed by atoms with Gasteiger partial charge >= 0.3 is 5.97 Å². The Balaban J connectivity index is 2.35. The highest BCUT2D eigenvalue weighted by molar-refractivity contribution is 7.99. The highest BCUT2D eigenvalue weighted by Gasteiger charge is 2.18. The van der Waals surface area contributed by atoms with E-state index in [0.717, 1.165) is 23.5 Å². The van der Waals surface area contributed by atoms with Crippen molar-refractivity contribution in [3.05, 3.63) is 35.0 Å². The summed E-state index contributed by atoms with van der Waals surface area (Å²) in [5.74, 6) is -0.463. The molecule has 7 heteroatoms. The first kappa shape index (κ1) is 15.4. The monoisotopic (exact) mass is 310 g/mol. The summed E-state index contributed by atoms with van der Waals surface area (Å²) < 4.78 is 24.2. The molecule has 0 spiro atoms. The zero-order valence-corrected chi connectivity index (χ0v) is 12.7. The third kappa shape index (κ3) is 3.36. The number of ether oxygens (including phenoxy) is 1. The number of aromatic nitrogens is 1. The third-order valence-corrected chi connectivity index (χ3v) is 3.69. The maximum Gasteiger partial charge on any atom is 0.340 e. The molecule has 2 N–H and O–H groups in total. The second-order valence-electron chi connectivity index (χ2n) is 4.31. The summed E-state index contributed by atoms with van der Waals surface area (Å²) in [6, 6.07) is 2.44. The van der Waals surface area contributed by atoms with Crippen molar-refractivity contribution in [1.82, 2.24) is 4.98 Å². The lowest BCUT2D eigenvalue weighted by Crippen LogP contribution is -2.08. The number of carbonyl (C=O) groups is 1. The van der Waals surface area contributed by atoms with E-state index in [1.165, 1.54) is 6.07 Å². The molecule has 2 rings (SSSR count). The van der Waals surface area contributed by atoms with Gasteiger partial charge in [0.05, 0.1) is 22.8 Å². The lowest BCUT2D eigenvalue weighted by Gasteiger charge is -2.08. The predicted molar refractivity (Wildman–Crippen MR) is 76.9 cm³/mol. The third-order valence-electron chi connectivity index (χ3n) is 2.81. The van der Waals surface area contributed by atoms with Crippen molar-refractivity contribution in [2.45, 2.75) is 30.9 Å². The fourth-order valence-corrected chi connectivity index (χ4v) is 2.48. The van der Waals surface area contributed by atoms with E-state index in [9.17, 15) is 9.18 Å². The van der Waals surface area contributed by atoms with E-state index in [2.05, 4.69) is 4.98 Å². The molecule has 112 valence electrons. The summed E-state index contributed by atoms with van der Waals surface area (Å²) >= 11 is 0.991. The van der Waals surface area contributed by atoms with Gasteiger partial charge in [0.2, 0.25) is 0 Å². The van der Waals surface area contributed by atoms with Crippen LogP contribution in [-0.2, 0) is 4.74 Å².